The maximum Gasteiger partial charge on any atom is 2.00 e. The molecule has 6 rings (SSSR count). The maximum absolute atomic E-state index is 10.0. The molecule has 0 saturated heterocycles. The van der Waals surface area contributed by atoms with Gasteiger partial charge >= 0.3 is 19.5 Å². The largest absolute Gasteiger partial charge is 2.00 e. The van der Waals surface area contributed by atoms with Crippen molar-refractivity contribution >= 4 is 70.8 Å². The van der Waals surface area contributed by atoms with E-state index >= 15 is 0 Å². The van der Waals surface area contributed by atoms with Gasteiger partial charge in [0.15, 0.2) is 0 Å². The third kappa shape index (κ3) is 18.3. The summed E-state index contributed by atoms with van der Waals surface area (Å²) in [6, 6.07) is 31.5. The number of rotatable bonds is 15. The third-order valence-corrected chi connectivity index (χ3v) is 15.0. The van der Waals surface area contributed by atoms with Crippen molar-refractivity contribution < 1.29 is 82.4 Å². The van der Waals surface area contributed by atoms with Gasteiger partial charge in [-0.3, -0.25) is 19.2 Å². The Kier molecular flexibility index (Phi) is 26.7. The number of aromatic nitrogens is 2. The number of hydrogen-bond donors (Lipinski definition) is 0. The zero-order chi connectivity index (χ0) is 50.6. The van der Waals surface area contributed by atoms with Gasteiger partial charge in [0.1, 0.15) is 23.1 Å². The van der Waals surface area contributed by atoms with E-state index in [0.29, 0.717) is 23.5 Å². The monoisotopic (exact) mass is 1130 g/mol. The smallest absolute Gasteiger partial charge is 1.00 e. The maximum atomic E-state index is 10.0. The number of aryl methyl sites for hydroxylation is 8. The molecule has 380 valence electrons. The summed E-state index contributed by atoms with van der Waals surface area (Å²) in [6.45, 7) is 22.9. The molecule has 0 atom stereocenters. The molecular weight excluding hydrogens is 1060 g/mol. The Hall–Kier alpha value is -4.88. The Morgan fingerprint density at radius 3 is 0.746 bits per heavy atom. The van der Waals surface area contributed by atoms with E-state index in [9.17, 15) is 19.2 Å². The number of methoxy groups -OCH3 is 4. The van der Waals surface area contributed by atoms with Crippen molar-refractivity contribution in [3.05, 3.63) is 129 Å². The standard InChI is InChI=1S/C46H50N2O4P2.2C5H8O2.2ClH.Ru/c1-27-13-28(2)18-35(17-27)53(36-19-29(3)14-30(4)20-36)39-25-41(49-9)47-45(51-11)43(39)44-40(26-42(50-10)48-46(44)52-12)54(37-21-31(5)15-32(6)22-37)38-23-33(7)16-34(8)24-38;2*1-4(6)3-5(2)7;;;/h13-26H,1-12H3;2*3H2,1-2H3;2*1H;/q;;;;;+2/p-2. The molecule has 0 amide bonds. The average Bonchev–Trinajstić information content (AvgIpc) is 3.21. The van der Waals surface area contributed by atoms with E-state index in [0.717, 1.165) is 21.7 Å². The van der Waals surface area contributed by atoms with Crippen LogP contribution in [0.5, 0.6) is 23.5 Å². The van der Waals surface area contributed by atoms with E-state index in [1.54, 1.807) is 28.4 Å². The van der Waals surface area contributed by atoms with Gasteiger partial charge in [-0.05, 0) is 120 Å². The van der Waals surface area contributed by atoms with Crippen molar-refractivity contribution in [2.24, 2.45) is 0 Å². The number of nitrogens with zero attached hydrogens (tertiary/aromatic N) is 2. The minimum Gasteiger partial charge on any atom is -1.00 e. The molecule has 0 radical (unpaired) electrons. The van der Waals surface area contributed by atoms with Gasteiger partial charge in [-0.25, -0.2) is 0 Å². The van der Waals surface area contributed by atoms with Crippen LogP contribution in [-0.4, -0.2) is 61.5 Å². The summed E-state index contributed by atoms with van der Waals surface area (Å²) in [4.78, 5) is 50.1. The van der Waals surface area contributed by atoms with E-state index in [-0.39, 0.29) is 80.3 Å². The number of halogens is 2. The first-order valence-electron chi connectivity index (χ1n) is 22.2. The number of carbonyl (C=O) groups is 4. The van der Waals surface area contributed by atoms with Gasteiger partial charge in [0.2, 0.25) is 23.5 Å². The SMILES string of the molecule is CC(=O)CC(C)=O.CC(=O)CC(C)=O.COc1cc(P(c2cc(C)cc(C)c2)c2cc(C)cc(C)c2)c(-c2c(P(c3cc(C)cc(C)c3)c3cc(C)cc(C)c3)cc(OC)nc2OC)c(OC)n1.[Cl-].[Cl-].[Ru+2]. The minimum absolute atomic E-state index is 0. The van der Waals surface area contributed by atoms with Gasteiger partial charge in [0, 0.05) is 22.7 Å². The van der Waals surface area contributed by atoms with E-state index in [1.165, 1.54) is 93.4 Å². The summed E-state index contributed by atoms with van der Waals surface area (Å²) < 4.78 is 24.4. The van der Waals surface area contributed by atoms with Crippen LogP contribution in [0.15, 0.2) is 84.9 Å². The quantitative estimate of drug-likeness (QED) is 0.0859. The van der Waals surface area contributed by atoms with Crippen LogP contribution in [0.4, 0.5) is 0 Å². The predicted octanol–water partition coefficient (Wildman–Crippen LogP) is 3.28. The van der Waals surface area contributed by atoms with Crippen LogP contribution in [0.1, 0.15) is 85.0 Å². The average molecular weight is 1130 g/mol. The minimum atomic E-state index is -1.20. The molecule has 0 aliphatic heterocycles. The van der Waals surface area contributed by atoms with Crippen molar-refractivity contribution in [2.45, 2.75) is 95.9 Å². The van der Waals surface area contributed by atoms with Gasteiger partial charge in [0.25, 0.3) is 0 Å². The summed E-state index contributed by atoms with van der Waals surface area (Å²) >= 11 is 0. The fourth-order valence-corrected chi connectivity index (χ4v) is 13.9. The number of pyridine rings is 2. The number of ether oxygens (including phenoxy) is 4. The van der Waals surface area contributed by atoms with Crippen molar-refractivity contribution in [1.82, 2.24) is 9.97 Å². The van der Waals surface area contributed by atoms with Crippen LogP contribution in [0.25, 0.3) is 11.1 Å². The van der Waals surface area contributed by atoms with Crippen molar-refractivity contribution in [2.75, 3.05) is 28.4 Å². The molecule has 0 fully saturated rings. The Morgan fingerprint density at radius 1 is 0.380 bits per heavy atom. The zero-order valence-electron chi connectivity index (χ0n) is 43.7. The van der Waals surface area contributed by atoms with E-state index in [1.807, 2.05) is 0 Å². The van der Waals surface area contributed by atoms with E-state index in [2.05, 4.69) is 140 Å². The number of hydrogen-bond acceptors (Lipinski definition) is 10. The molecule has 0 saturated carbocycles. The van der Waals surface area contributed by atoms with Crippen LogP contribution in [-0.2, 0) is 38.7 Å². The van der Waals surface area contributed by atoms with Gasteiger partial charge in [-0.2, -0.15) is 9.97 Å². The van der Waals surface area contributed by atoms with Crippen LogP contribution in [0.3, 0.4) is 0 Å². The summed E-state index contributed by atoms with van der Waals surface area (Å²) in [6.07, 6.45) is 0.167. The fraction of sp³-hybridized carbons (Fsp3) is 0.321. The molecule has 0 bridgehead atoms. The number of ketones is 4. The molecule has 0 spiro atoms. The number of Topliss-reactive ketones (excluding diaryl/α,β-unsaturated/α-hetero) is 4. The molecule has 15 heteroatoms. The molecule has 2 aromatic heterocycles. The number of carbonyl (C=O) groups excluding carboxylic acids is 4. The Morgan fingerprint density at radius 2 is 0.592 bits per heavy atom. The summed E-state index contributed by atoms with van der Waals surface area (Å²) in [7, 11) is 4.26. The Labute approximate surface area is 448 Å². The predicted molar refractivity (Wildman–Crippen MR) is 281 cm³/mol. The second kappa shape index (κ2) is 29.6. The summed E-state index contributed by atoms with van der Waals surface area (Å²) in [5.74, 6) is 1.57. The summed E-state index contributed by atoms with van der Waals surface area (Å²) in [5.41, 5.74) is 11.3. The Balaban J connectivity index is 0.00000130. The molecule has 71 heavy (non-hydrogen) atoms. The van der Waals surface area contributed by atoms with Crippen molar-refractivity contribution in [3.63, 3.8) is 0 Å². The molecule has 6 aromatic rings. The first-order chi connectivity index (χ1) is 32.1. The second-order valence-corrected chi connectivity index (χ2v) is 21.7. The first-order valence-corrected chi connectivity index (χ1v) is 24.9. The van der Waals surface area contributed by atoms with Crippen LogP contribution in [0, 0.1) is 55.4 Å². The molecule has 0 aliphatic rings. The van der Waals surface area contributed by atoms with Crippen LogP contribution in [0.2, 0.25) is 0 Å². The molecule has 0 aliphatic carbocycles. The molecular formula is C56H66Cl2N2O8P2Ru. The summed E-state index contributed by atoms with van der Waals surface area (Å²) in [5, 5.41) is 6.94. The fourth-order valence-electron chi connectivity index (χ4n) is 8.18. The second-order valence-electron chi connectivity index (χ2n) is 17.4. The normalized spacial score (nSPS) is 10.2. The third-order valence-electron chi connectivity index (χ3n) is 10.3. The molecule has 10 nitrogen and oxygen atoms in total. The zero-order valence-corrected chi connectivity index (χ0v) is 48.7. The topological polar surface area (TPSA) is 131 Å². The molecule has 0 N–H and O–H groups in total. The van der Waals surface area contributed by atoms with Gasteiger partial charge < -0.3 is 43.8 Å². The Bertz CT molecular complexity index is 2440. The molecule has 0 unspecified atom stereocenters. The van der Waals surface area contributed by atoms with Crippen LogP contribution >= 0.6 is 15.8 Å². The van der Waals surface area contributed by atoms with Crippen molar-refractivity contribution in [3.8, 4) is 34.6 Å². The first kappa shape index (κ1) is 64.1. The van der Waals surface area contributed by atoms with Gasteiger partial charge in [-0.15, -0.1) is 0 Å². The van der Waals surface area contributed by atoms with Crippen LogP contribution < -0.4 is 75.6 Å². The van der Waals surface area contributed by atoms with E-state index < -0.39 is 15.8 Å². The number of benzene rings is 4. The van der Waals surface area contributed by atoms with Gasteiger partial charge in [-0.1, -0.05) is 117 Å². The molecule has 2 heterocycles. The van der Waals surface area contributed by atoms with Crippen molar-refractivity contribution in [1.29, 1.82) is 0 Å². The van der Waals surface area contributed by atoms with E-state index in [4.69, 9.17) is 28.9 Å². The van der Waals surface area contributed by atoms with Gasteiger partial charge in [0.05, 0.1) is 52.4 Å². The molecule has 4 aromatic carbocycles.